The van der Waals surface area contributed by atoms with Gasteiger partial charge in [0.25, 0.3) is 11.8 Å². The molecule has 0 radical (unpaired) electrons. The van der Waals surface area contributed by atoms with Gasteiger partial charge in [-0.1, -0.05) is 34.8 Å². The van der Waals surface area contributed by atoms with E-state index in [-0.39, 0.29) is 25.0 Å². The molecule has 3 N–H and O–H groups in total. The van der Waals surface area contributed by atoms with Gasteiger partial charge in [-0.05, 0) is 68.5 Å². The van der Waals surface area contributed by atoms with Crippen LogP contribution in [0.25, 0.3) is 0 Å². The highest BCUT2D eigenvalue weighted by Gasteiger charge is 2.55. The van der Waals surface area contributed by atoms with Crippen molar-refractivity contribution in [2.45, 2.75) is 49.3 Å². The van der Waals surface area contributed by atoms with Gasteiger partial charge in [0.2, 0.25) is 0 Å². The van der Waals surface area contributed by atoms with Gasteiger partial charge in [-0.25, -0.2) is 0 Å². The van der Waals surface area contributed by atoms with Crippen molar-refractivity contribution in [3.8, 4) is 11.5 Å². The summed E-state index contributed by atoms with van der Waals surface area (Å²) < 4.78 is 11.0. The standard InChI is InChI=1S/C24H25Cl3N2O5/c25-15-1-3-16(4-2-15)33-13-21(31)28-23-7-9-24(10-8-23,20(30)12-23)29-22(32)14-34-17-5-6-18(26)19(27)11-17/h1-6,11,20,30H,7-10,12-14H2,(H,28,31)(H,29,32)/t20-,23?,24?/m0/s1. The first-order valence-corrected chi connectivity index (χ1v) is 12.1. The maximum atomic E-state index is 12.6. The average molecular weight is 528 g/mol. The van der Waals surface area contributed by atoms with Crippen molar-refractivity contribution in [2.24, 2.45) is 0 Å². The Labute approximate surface area is 212 Å². The van der Waals surface area contributed by atoms with Crippen LogP contribution in [0.1, 0.15) is 32.1 Å². The third-order valence-electron chi connectivity index (χ3n) is 6.56. The van der Waals surface area contributed by atoms with E-state index in [1.807, 2.05) is 0 Å². The Morgan fingerprint density at radius 1 is 0.853 bits per heavy atom. The predicted molar refractivity (Wildman–Crippen MR) is 130 cm³/mol. The third-order valence-corrected chi connectivity index (χ3v) is 7.55. The van der Waals surface area contributed by atoms with Crippen LogP contribution in [-0.4, -0.2) is 47.3 Å². The summed E-state index contributed by atoms with van der Waals surface area (Å²) in [6.07, 6.45) is 1.94. The van der Waals surface area contributed by atoms with Crippen molar-refractivity contribution in [1.29, 1.82) is 0 Å². The Bertz CT molecular complexity index is 1060. The second-order valence-electron chi connectivity index (χ2n) is 8.86. The molecule has 182 valence electrons. The van der Waals surface area contributed by atoms with E-state index in [1.165, 1.54) is 0 Å². The SMILES string of the molecule is O=C(COc1ccc(Cl)cc1)NC12CCC(NC(=O)COc3ccc(Cl)c(Cl)c3)(CC1)[C@@H](O)C2. The van der Waals surface area contributed by atoms with Crippen LogP contribution in [0.2, 0.25) is 15.1 Å². The summed E-state index contributed by atoms with van der Waals surface area (Å²) in [6, 6.07) is 11.5. The zero-order chi connectivity index (χ0) is 24.3. The predicted octanol–water partition coefficient (Wildman–Crippen LogP) is 4.15. The quantitative estimate of drug-likeness (QED) is 0.479. The van der Waals surface area contributed by atoms with Gasteiger partial charge in [-0.15, -0.1) is 0 Å². The van der Waals surface area contributed by atoms with Crippen molar-refractivity contribution >= 4 is 46.6 Å². The molecule has 2 aromatic rings. The molecule has 3 aliphatic rings. The van der Waals surface area contributed by atoms with Crippen molar-refractivity contribution in [1.82, 2.24) is 10.6 Å². The molecular formula is C24H25Cl3N2O5. The number of halogens is 3. The second kappa shape index (κ2) is 10.2. The molecule has 3 fully saturated rings. The number of benzene rings is 2. The maximum absolute atomic E-state index is 12.6. The first-order valence-electron chi connectivity index (χ1n) is 11.0. The Hall–Kier alpha value is -2.19. The highest BCUT2D eigenvalue weighted by Crippen LogP contribution is 2.47. The summed E-state index contributed by atoms with van der Waals surface area (Å²) in [5.74, 6) is 0.391. The van der Waals surface area contributed by atoms with Crippen LogP contribution in [0.15, 0.2) is 42.5 Å². The smallest absolute Gasteiger partial charge is 0.258 e. The van der Waals surface area contributed by atoms with Crippen molar-refractivity contribution in [3.63, 3.8) is 0 Å². The first kappa shape index (κ1) is 24.9. The molecule has 0 aliphatic heterocycles. The van der Waals surface area contributed by atoms with Crippen molar-refractivity contribution in [3.05, 3.63) is 57.5 Å². The number of fused-ring (bicyclic) bond motifs is 3. The van der Waals surface area contributed by atoms with Crippen LogP contribution in [0.4, 0.5) is 0 Å². The number of carbonyl (C=O) groups is 2. The molecule has 0 aromatic heterocycles. The van der Waals surface area contributed by atoms with E-state index in [4.69, 9.17) is 44.3 Å². The highest BCUT2D eigenvalue weighted by atomic mass is 35.5. The molecule has 10 heteroatoms. The monoisotopic (exact) mass is 526 g/mol. The van der Waals surface area contributed by atoms with Crippen molar-refractivity contribution in [2.75, 3.05) is 13.2 Å². The van der Waals surface area contributed by atoms with Crippen LogP contribution < -0.4 is 20.1 Å². The molecule has 2 bridgehead atoms. The summed E-state index contributed by atoms with van der Waals surface area (Å²) in [4.78, 5) is 25.1. The highest BCUT2D eigenvalue weighted by molar-refractivity contribution is 6.42. The van der Waals surface area contributed by atoms with Gasteiger partial charge in [-0.3, -0.25) is 9.59 Å². The normalized spacial score (nSPS) is 25.5. The van der Waals surface area contributed by atoms with E-state index in [2.05, 4.69) is 10.6 Å². The number of hydrogen-bond donors (Lipinski definition) is 3. The minimum atomic E-state index is -0.790. The number of ether oxygens (including phenoxy) is 2. The Morgan fingerprint density at radius 3 is 2.06 bits per heavy atom. The summed E-state index contributed by atoms with van der Waals surface area (Å²) in [5, 5.41) is 18.2. The molecule has 1 atom stereocenters. The molecule has 0 unspecified atom stereocenters. The zero-order valence-electron chi connectivity index (χ0n) is 18.3. The van der Waals surface area contributed by atoms with Gasteiger partial charge < -0.3 is 25.2 Å². The third kappa shape index (κ3) is 5.71. The largest absolute Gasteiger partial charge is 0.484 e. The zero-order valence-corrected chi connectivity index (χ0v) is 20.6. The summed E-state index contributed by atoms with van der Waals surface area (Å²) >= 11 is 17.7. The Kier molecular flexibility index (Phi) is 7.48. The molecule has 0 heterocycles. The number of hydrogen-bond acceptors (Lipinski definition) is 5. The lowest BCUT2D eigenvalue weighted by molar-refractivity contribution is -0.137. The topological polar surface area (TPSA) is 96.9 Å². The molecule has 2 amide bonds. The molecule has 3 aliphatic carbocycles. The molecule has 34 heavy (non-hydrogen) atoms. The van der Waals surface area contributed by atoms with Gasteiger partial charge in [0.05, 0.1) is 21.7 Å². The fraction of sp³-hybridized carbons (Fsp3) is 0.417. The summed E-state index contributed by atoms with van der Waals surface area (Å²) in [6.45, 7) is -0.343. The van der Waals surface area contributed by atoms with E-state index in [0.29, 0.717) is 58.7 Å². The lowest BCUT2D eigenvalue weighted by atomic mass is 9.60. The van der Waals surface area contributed by atoms with E-state index in [1.54, 1.807) is 42.5 Å². The number of rotatable bonds is 8. The number of nitrogens with one attached hydrogen (secondary N) is 2. The first-order chi connectivity index (χ1) is 16.2. The van der Waals surface area contributed by atoms with Gasteiger partial charge in [0.15, 0.2) is 13.2 Å². The maximum Gasteiger partial charge on any atom is 0.258 e. The minimum absolute atomic E-state index is 0.132. The fourth-order valence-electron chi connectivity index (χ4n) is 4.70. The Balaban J connectivity index is 1.27. The molecule has 0 spiro atoms. The molecule has 2 aromatic carbocycles. The lowest BCUT2D eigenvalue weighted by Crippen LogP contribution is -2.70. The number of amides is 2. The summed E-state index contributed by atoms with van der Waals surface area (Å²) in [5.41, 5.74) is -1.24. The minimum Gasteiger partial charge on any atom is -0.484 e. The lowest BCUT2D eigenvalue weighted by Gasteiger charge is -2.56. The van der Waals surface area contributed by atoms with Gasteiger partial charge in [-0.2, -0.15) is 0 Å². The van der Waals surface area contributed by atoms with E-state index >= 15 is 0 Å². The van der Waals surface area contributed by atoms with Gasteiger partial charge >= 0.3 is 0 Å². The molecular weight excluding hydrogens is 503 g/mol. The number of aliphatic hydroxyl groups excluding tert-OH is 1. The number of aliphatic hydroxyl groups is 1. The van der Waals surface area contributed by atoms with Crippen LogP contribution in [0.3, 0.4) is 0 Å². The fourth-order valence-corrected chi connectivity index (χ4v) is 5.12. The van der Waals surface area contributed by atoms with Crippen molar-refractivity contribution < 1.29 is 24.2 Å². The van der Waals surface area contributed by atoms with E-state index < -0.39 is 17.2 Å². The average Bonchev–Trinajstić information content (AvgIpc) is 2.81. The van der Waals surface area contributed by atoms with Crippen LogP contribution in [0.5, 0.6) is 11.5 Å². The van der Waals surface area contributed by atoms with Crippen LogP contribution >= 0.6 is 34.8 Å². The molecule has 7 nitrogen and oxygen atoms in total. The van der Waals surface area contributed by atoms with Gasteiger partial charge in [0, 0.05) is 16.6 Å². The van der Waals surface area contributed by atoms with E-state index in [0.717, 1.165) is 0 Å². The molecule has 0 saturated heterocycles. The molecule has 5 rings (SSSR count). The second-order valence-corrected chi connectivity index (χ2v) is 10.1. The Morgan fingerprint density at radius 2 is 1.44 bits per heavy atom. The van der Waals surface area contributed by atoms with Gasteiger partial charge in [0.1, 0.15) is 11.5 Å². The number of carbonyl (C=O) groups excluding carboxylic acids is 2. The van der Waals surface area contributed by atoms with E-state index in [9.17, 15) is 14.7 Å². The molecule has 3 saturated carbocycles. The van der Waals surface area contributed by atoms with Crippen LogP contribution in [0, 0.1) is 0 Å². The van der Waals surface area contributed by atoms with Crippen LogP contribution in [-0.2, 0) is 9.59 Å². The summed E-state index contributed by atoms with van der Waals surface area (Å²) in [7, 11) is 0.